The molecule has 2 heterocycles. The fourth-order valence-electron chi connectivity index (χ4n) is 1.22. The lowest BCUT2D eigenvalue weighted by atomic mass is 9.89. The molecule has 0 bridgehead atoms. The maximum absolute atomic E-state index is 9.03. The second kappa shape index (κ2) is 2.79. The van der Waals surface area contributed by atoms with E-state index in [-0.39, 0.29) is 0 Å². The highest BCUT2D eigenvalue weighted by molar-refractivity contribution is 7.11. The Morgan fingerprint density at radius 1 is 1.54 bits per heavy atom. The minimum Gasteiger partial charge on any atom is -0.377 e. The zero-order valence-electron chi connectivity index (χ0n) is 7.63. The minimum atomic E-state index is -0.441. The van der Waals surface area contributed by atoms with Crippen molar-refractivity contribution < 1.29 is 4.74 Å². The summed E-state index contributed by atoms with van der Waals surface area (Å²) in [7, 11) is 0. The number of hydrogen-bond donors (Lipinski definition) is 0. The van der Waals surface area contributed by atoms with E-state index in [1.807, 2.05) is 13.8 Å². The van der Waals surface area contributed by atoms with Crippen LogP contribution in [0.5, 0.6) is 0 Å². The average Bonchev–Trinajstić information content (AvgIpc) is 2.31. The van der Waals surface area contributed by atoms with E-state index in [9.17, 15) is 0 Å². The van der Waals surface area contributed by atoms with Crippen LogP contribution in [-0.4, -0.2) is 18.2 Å². The Morgan fingerprint density at radius 2 is 2.23 bits per heavy atom. The highest BCUT2D eigenvalue weighted by Crippen LogP contribution is 2.35. The summed E-state index contributed by atoms with van der Waals surface area (Å²) in [6, 6.07) is 2.29. The van der Waals surface area contributed by atoms with Gasteiger partial charge in [0.1, 0.15) is 5.01 Å². The molecular formula is C9H10N2OS. The van der Waals surface area contributed by atoms with Gasteiger partial charge in [0, 0.05) is 4.88 Å². The predicted molar refractivity (Wildman–Crippen MR) is 49.7 cm³/mol. The molecule has 0 atom stereocenters. The molecule has 0 aromatic carbocycles. The van der Waals surface area contributed by atoms with Crippen molar-refractivity contribution in [1.29, 1.82) is 5.26 Å². The van der Waals surface area contributed by atoms with E-state index >= 15 is 0 Å². The fraction of sp³-hybridized carbons (Fsp3) is 0.556. The highest BCUT2D eigenvalue weighted by atomic mass is 32.1. The van der Waals surface area contributed by atoms with Crippen molar-refractivity contribution in [1.82, 2.24) is 4.98 Å². The van der Waals surface area contributed by atoms with Gasteiger partial charge in [0.15, 0.2) is 5.41 Å². The molecule has 3 nitrogen and oxygen atoms in total. The van der Waals surface area contributed by atoms with Crippen LogP contribution in [0.25, 0.3) is 0 Å². The number of ether oxygens (including phenoxy) is 1. The largest absolute Gasteiger partial charge is 0.377 e. The molecule has 1 saturated heterocycles. The van der Waals surface area contributed by atoms with Crippen molar-refractivity contribution in [3.05, 3.63) is 15.6 Å². The quantitative estimate of drug-likeness (QED) is 0.681. The van der Waals surface area contributed by atoms with Gasteiger partial charge in [0.2, 0.25) is 0 Å². The van der Waals surface area contributed by atoms with E-state index < -0.39 is 5.41 Å². The third-order valence-electron chi connectivity index (χ3n) is 2.35. The molecule has 0 aliphatic carbocycles. The summed E-state index contributed by atoms with van der Waals surface area (Å²) in [4.78, 5) is 5.58. The van der Waals surface area contributed by atoms with Crippen LogP contribution in [-0.2, 0) is 10.2 Å². The molecule has 1 aliphatic heterocycles. The van der Waals surface area contributed by atoms with E-state index in [4.69, 9.17) is 10.00 Å². The Morgan fingerprint density at radius 3 is 2.54 bits per heavy atom. The standard InChI is InChI=1S/C9H10N2OS/c1-6-7(2)13-8(11-6)9(3-10)4-12-5-9/h4-5H2,1-2H3. The van der Waals surface area contributed by atoms with Crippen molar-refractivity contribution in [3.8, 4) is 6.07 Å². The molecule has 0 amide bonds. The first-order chi connectivity index (χ1) is 6.18. The van der Waals surface area contributed by atoms with Crippen molar-refractivity contribution in [2.75, 3.05) is 13.2 Å². The van der Waals surface area contributed by atoms with Gasteiger partial charge in [0.05, 0.1) is 25.0 Å². The number of thiazole rings is 1. The highest BCUT2D eigenvalue weighted by Gasteiger charge is 2.43. The summed E-state index contributed by atoms with van der Waals surface area (Å²) in [6.07, 6.45) is 0. The van der Waals surface area contributed by atoms with Crippen molar-refractivity contribution in [2.45, 2.75) is 19.3 Å². The fourth-order valence-corrected chi connectivity index (χ4v) is 2.24. The van der Waals surface area contributed by atoms with Crippen molar-refractivity contribution in [2.24, 2.45) is 0 Å². The third-order valence-corrected chi connectivity index (χ3v) is 3.63. The van der Waals surface area contributed by atoms with E-state index in [1.54, 1.807) is 11.3 Å². The summed E-state index contributed by atoms with van der Waals surface area (Å²) in [5, 5.41) is 9.94. The summed E-state index contributed by atoms with van der Waals surface area (Å²) < 4.78 is 5.08. The van der Waals surface area contributed by atoms with Crippen LogP contribution in [0.4, 0.5) is 0 Å². The molecule has 2 rings (SSSR count). The number of nitriles is 1. The zero-order chi connectivity index (χ0) is 9.47. The molecule has 1 aromatic rings. The number of aryl methyl sites for hydroxylation is 2. The maximum atomic E-state index is 9.03. The van der Waals surface area contributed by atoms with Crippen LogP contribution >= 0.6 is 11.3 Å². The van der Waals surface area contributed by atoms with E-state index in [1.165, 1.54) is 4.88 Å². The average molecular weight is 194 g/mol. The molecule has 1 aromatic heterocycles. The number of hydrogen-bond acceptors (Lipinski definition) is 4. The number of rotatable bonds is 1. The van der Waals surface area contributed by atoms with Crippen LogP contribution < -0.4 is 0 Å². The van der Waals surface area contributed by atoms with Gasteiger partial charge in [-0.25, -0.2) is 4.98 Å². The Labute approximate surface area is 81.0 Å². The molecule has 1 fully saturated rings. The zero-order valence-corrected chi connectivity index (χ0v) is 8.44. The van der Waals surface area contributed by atoms with Gasteiger partial charge in [-0.05, 0) is 13.8 Å². The summed E-state index contributed by atoms with van der Waals surface area (Å²) in [5.74, 6) is 0. The van der Waals surface area contributed by atoms with Gasteiger partial charge in [-0.1, -0.05) is 0 Å². The lowest BCUT2D eigenvalue weighted by Crippen LogP contribution is -2.45. The van der Waals surface area contributed by atoms with Gasteiger partial charge < -0.3 is 4.74 Å². The third kappa shape index (κ3) is 1.16. The lowest BCUT2D eigenvalue weighted by molar-refractivity contribution is -0.0299. The van der Waals surface area contributed by atoms with Crippen molar-refractivity contribution >= 4 is 11.3 Å². The summed E-state index contributed by atoms with van der Waals surface area (Å²) in [5.41, 5.74) is 0.588. The molecule has 0 saturated carbocycles. The van der Waals surface area contributed by atoms with Gasteiger partial charge >= 0.3 is 0 Å². The second-order valence-corrected chi connectivity index (χ2v) is 4.55. The smallest absolute Gasteiger partial charge is 0.155 e. The molecule has 1 aliphatic rings. The molecule has 0 unspecified atom stereocenters. The Balaban J connectivity index is 2.40. The Bertz CT molecular complexity index is 354. The van der Waals surface area contributed by atoms with E-state index in [2.05, 4.69) is 11.1 Å². The number of nitrogens with zero attached hydrogens (tertiary/aromatic N) is 2. The first-order valence-corrected chi connectivity index (χ1v) is 4.93. The molecule has 4 heteroatoms. The first-order valence-electron chi connectivity index (χ1n) is 4.11. The molecule has 0 N–H and O–H groups in total. The van der Waals surface area contributed by atoms with Crippen molar-refractivity contribution in [3.63, 3.8) is 0 Å². The van der Waals surface area contributed by atoms with Gasteiger partial charge in [-0.2, -0.15) is 5.26 Å². The normalized spacial score (nSPS) is 19.2. The first kappa shape index (κ1) is 8.67. The Hall–Kier alpha value is -0.920. The van der Waals surface area contributed by atoms with Crippen LogP contribution in [0.3, 0.4) is 0 Å². The van der Waals surface area contributed by atoms with Gasteiger partial charge in [-0.15, -0.1) is 11.3 Å². The number of aromatic nitrogens is 1. The van der Waals surface area contributed by atoms with Crippen LogP contribution in [0, 0.1) is 25.2 Å². The van der Waals surface area contributed by atoms with Crippen LogP contribution in [0.2, 0.25) is 0 Å². The summed E-state index contributed by atoms with van der Waals surface area (Å²) >= 11 is 1.61. The molecule has 68 valence electrons. The minimum absolute atomic E-state index is 0.441. The van der Waals surface area contributed by atoms with E-state index in [0.29, 0.717) is 13.2 Å². The SMILES string of the molecule is Cc1nc(C2(C#N)COC2)sc1C. The van der Waals surface area contributed by atoms with E-state index in [0.717, 1.165) is 10.7 Å². The Kier molecular flexibility index (Phi) is 1.86. The molecule has 0 spiro atoms. The second-order valence-electron chi connectivity index (χ2n) is 3.35. The summed E-state index contributed by atoms with van der Waals surface area (Å²) in [6.45, 7) is 4.99. The van der Waals surface area contributed by atoms with Crippen LogP contribution in [0.1, 0.15) is 15.6 Å². The van der Waals surface area contributed by atoms with Gasteiger partial charge in [0.25, 0.3) is 0 Å². The molecular weight excluding hydrogens is 184 g/mol. The topological polar surface area (TPSA) is 45.9 Å². The monoisotopic (exact) mass is 194 g/mol. The maximum Gasteiger partial charge on any atom is 0.155 e. The van der Waals surface area contributed by atoms with Crippen LogP contribution in [0.15, 0.2) is 0 Å². The lowest BCUT2D eigenvalue weighted by Gasteiger charge is -2.32. The molecule has 0 radical (unpaired) electrons. The van der Waals surface area contributed by atoms with Gasteiger partial charge in [-0.3, -0.25) is 0 Å². The molecule has 13 heavy (non-hydrogen) atoms. The predicted octanol–water partition coefficient (Wildman–Crippen LogP) is 1.55.